The number of benzene rings is 1. The van der Waals surface area contributed by atoms with Crippen LogP contribution in [0.4, 0.5) is 21.9 Å². The van der Waals surface area contributed by atoms with Gasteiger partial charge in [-0.1, -0.05) is 12.1 Å². The quantitative estimate of drug-likeness (QED) is 0.664. The van der Waals surface area contributed by atoms with Gasteiger partial charge >= 0.3 is 6.03 Å². The first-order valence-corrected chi connectivity index (χ1v) is 6.70. The number of aryl methyl sites for hydroxylation is 3. The van der Waals surface area contributed by atoms with Crippen molar-refractivity contribution < 1.29 is 14.2 Å². The number of aromatic nitrogens is 1. The molecule has 0 fully saturated rings. The number of urea groups is 1. The Labute approximate surface area is 126 Å². The van der Waals surface area contributed by atoms with Gasteiger partial charge in [0.25, 0.3) is 5.69 Å². The Kier molecular flexibility index (Phi) is 4.40. The van der Waals surface area contributed by atoms with Gasteiger partial charge in [-0.2, -0.15) is 0 Å². The number of amides is 2. The molecular formula is C14H16N4O4. The van der Waals surface area contributed by atoms with Gasteiger partial charge < -0.3 is 15.2 Å². The maximum atomic E-state index is 12.0. The molecule has 0 spiro atoms. The van der Waals surface area contributed by atoms with E-state index >= 15 is 0 Å². The summed E-state index contributed by atoms with van der Waals surface area (Å²) >= 11 is 0. The van der Waals surface area contributed by atoms with Crippen molar-refractivity contribution in [3.05, 3.63) is 45.3 Å². The fourth-order valence-electron chi connectivity index (χ4n) is 1.99. The highest BCUT2D eigenvalue weighted by molar-refractivity contribution is 6.00. The summed E-state index contributed by atoms with van der Waals surface area (Å²) in [7, 11) is 0. The van der Waals surface area contributed by atoms with E-state index in [9.17, 15) is 14.9 Å². The Morgan fingerprint density at radius 3 is 2.68 bits per heavy atom. The Morgan fingerprint density at radius 1 is 1.36 bits per heavy atom. The predicted molar refractivity (Wildman–Crippen MR) is 81.1 cm³/mol. The topological polar surface area (TPSA) is 110 Å². The molecule has 2 N–H and O–H groups in total. The molecule has 0 atom stereocenters. The predicted octanol–water partition coefficient (Wildman–Crippen LogP) is 3.41. The van der Waals surface area contributed by atoms with Gasteiger partial charge in [0.1, 0.15) is 11.4 Å². The van der Waals surface area contributed by atoms with E-state index in [-0.39, 0.29) is 5.69 Å². The maximum Gasteiger partial charge on any atom is 0.323 e. The van der Waals surface area contributed by atoms with Crippen LogP contribution in [0.3, 0.4) is 0 Å². The molecule has 2 amide bonds. The molecule has 0 bridgehead atoms. The molecule has 1 aromatic heterocycles. The van der Waals surface area contributed by atoms with E-state index in [0.29, 0.717) is 34.8 Å². The van der Waals surface area contributed by atoms with Gasteiger partial charge in [-0.3, -0.25) is 10.1 Å². The molecule has 0 radical (unpaired) electrons. The first kappa shape index (κ1) is 15.5. The summed E-state index contributed by atoms with van der Waals surface area (Å²) in [5.41, 5.74) is 2.20. The lowest BCUT2D eigenvalue weighted by molar-refractivity contribution is -0.384. The van der Waals surface area contributed by atoms with Crippen LogP contribution in [0.25, 0.3) is 0 Å². The van der Waals surface area contributed by atoms with Crippen LogP contribution < -0.4 is 10.6 Å². The van der Waals surface area contributed by atoms with Crippen LogP contribution in [0.1, 0.15) is 23.9 Å². The highest BCUT2D eigenvalue weighted by Gasteiger charge is 2.15. The lowest BCUT2D eigenvalue weighted by atomic mass is 10.2. The molecule has 0 saturated heterocycles. The summed E-state index contributed by atoms with van der Waals surface area (Å²) in [6.07, 6.45) is 0.604. The number of hydrogen-bond acceptors (Lipinski definition) is 5. The van der Waals surface area contributed by atoms with Crippen molar-refractivity contribution in [3.63, 3.8) is 0 Å². The van der Waals surface area contributed by atoms with Gasteiger partial charge in [-0.15, -0.1) is 0 Å². The van der Waals surface area contributed by atoms with Crippen LogP contribution in [0, 0.1) is 24.0 Å². The van der Waals surface area contributed by atoms with Gasteiger partial charge in [-0.05, 0) is 25.5 Å². The number of anilines is 2. The second kappa shape index (κ2) is 6.25. The van der Waals surface area contributed by atoms with E-state index in [1.54, 1.807) is 13.8 Å². The highest BCUT2D eigenvalue weighted by atomic mass is 16.6. The average Bonchev–Trinajstić information content (AvgIpc) is 2.81. The number of hydrogen-bond donors (Lipinski definition) is 2. The number of rotatable bonds is 4. The number of nitrogens with zero attached hydrogens (tertiary/aromatic N) is 2. The molecule has 0 saturated carbocycles. The third kappa shape index (κ3) is 3.22. The van der Waals surface area contributed by atoms with Gasteiger partial charge in [0.15, 0.2) is 5.76 Å². The van der Waals surface area contributed by atoms with Crippen LogP contribution in [0.2, 0.25) is 0 Å². The van der Waals surface area contributed by atoms with Gasteiger partial charge in [0.2, 0.25) is 0 Å². The lowest BCUT2D eigenvalue weighted by Gasteiger charge is -2.09. The van der Waals surface area contributed by atoms with Crippen LogP contribution in [0.5, 0.6) is 0 Å². The van der Waals surface area contributed by atoms with Crippen molar-refractivity contribution in [2.24, 2.45) is 0 Å². The zero-order valence-corrected chi connectivity index (χ0v) is 12.5. The average molecular weight is 304 g/mol. The fraction of sp³-hybridized carbons (Fsp3) is 0.286. The van der Waals surface area contributed by atoms with Crippen molar-refractivity contribution in [3.8, 4) is 0 Å². The Hall–Kier alpha value is -2.90. The second-order valence-corrected chi connectivity index (χ2v) is 4.76. The highest BCUT2D eigenvalue weighted by Crippen LogP contribution is 2.23. The lowest BCUT2D eigenvalue weighted by Crippen LogP contribution is -2.20. The minimum Gasteiger partial charge on any atom is -0.359 e. The summed E-state index contributed by atoms with van der Waals surface area (Å²) in [5, 5.41) is 19.8. The third-order valence-electron chi connectivity index (χ3n) is 3.16. The first-order chi connectivity index (χ1) is 10.4. The summed E-state index contributed by atoms with van der Waals surface area (Å²) in [4.78, 5) is 22.3. The first-order valence-electron chi connectivity index (χ1n) is 6.70. The van der Waals surface area contributed by atoms with Crippen LogP contribution in [0.15, 0.2) is 22.7 Å². The minimum absolute atomic E-state index is 0.0217. The van der Waals surface area contributed by atoms with Crippen LogP contribution in [-0.2, 0) is 6.42 Å². The normalized spacial score (nSPS) is 10.3. The van der Waals surface area contributed by atoms with E-state index < -0.39 is 11.0 Å². The van der Waals surface area contributed by atoms with E-state index in [1.165, 1.54) is 18.2 Å². The molecule has 0 aliphatic carbocycles. The molecule has 0 aliphatic heterocycles. The molecular weight excluding hydrogens is 288 g/mol. The van der Waals surface area contributed by atoms with Gasteiger partial charge in [-0.25, -0.2) is 4.79 Å². The van der Waals surface area contributed by atoms with Crippen LogP contribution in [-0.4, -0.2) is 16.1 Å². The number of nitrogens with one attached hydrogen (secondary N) is 2. The largest absolute Gasteiger partial charge is 0.359 e. The summed E-state index contributed by atoms with van der Waals surface area (Å²) in [6.45, 7) is 5.31. The van der Waals surface area contributed by atoms with E-state index in [0.717, 1.165) is 0 Å². The standard InChI is InChI=1S/C14H16N4O4/c1-4-12-13(9(3)17-22-12)16-14(19)15-11-6-5-10(18(20)21)7-8(11)2/h5-7H,4H2,1-3H3,(H2,15,16,19). The molecule has 0 aliphatic rings. The minimum atomic E-state index is -0.481. The number of nitro groups is 1. The molecule has 0 unspecified atom stereocenters. The third-order valence-corrected chi connectivity index (χ3v) is 3.16. The van der Waals surface area contributed by atoms with E-state index in [2.05, 4.69) is 15.8 Å². The monoisotopic (exact) mass is 304 g/mol. The van der Waals surface area contributed by atoms with Crippen molar-refractivity contribution in [1.29, 1.82) is 0 Å². The maximum absolute atomic E-state index is 12.0. The van der Waals surface area contributed by atoms with Crippen molar-refractivity contribution in [2.75, 3.05) is 10.6 Å². The smallest absolute Gasteiger partial charge is 0.323 e. The zero-order valence-electron chi connectivity index (χ0n) is 12.5. The van der Waals surface area contributed by atoms with Crippen molar-refractivity contribution in [1.82, 2.24) is 5.16 Å². The van der Waals surface area contributed by atoms with E-state index in [1.807, 2.05) is 6.92 Å². The van der Waals surface area contributed by atoms with E-state index in [4.69, 9.17) is 4.52 Å². The Morgan fingerprint density at radius 2 is 2.09 bits per heavy atom. The molecule has 1 heterocycles. The molecule has 2 aromatic rings. The molecule has 8 heteroatoms. The SMILES string of the molecule is CCc1onc(C)c1NC(=O)Nc1ccc([N+](=O)[O-])cc1C. The van der Waals surface area contributed by atoms with Gasteiger partial charge in [0.05, 0.1) is 4.92 Å². The summed E-state index contributed by atoms with van der Waals surface area (Å²) in [6, 6.07) is 3.77. The van der Waals surface area contributed by atoms with Crippen molar-refractivity contribution in [2.45, 2.75) is 27.2 Å². The number of carbonyl (C=O) groups is 1. The second-order valence-electron chi connectivity index (χ2n) is 4.76. The molecule has 1 aromatic carbocycles. The molecule has 116 valence electrons. The Bertz CT molecular complexity index is 724. The van der Waals surface area contributed by atoms with Crippen LogP contribution >= 0.6 is 0 Å². The molecule has 22 heavy (non-hydrogen) atoms. The summed E-state index contributed by atoms with van der Waals surface area (Å²) < 4.78 is 5.09. The fourth-order valence-corrected chi connectivity index (χ4v) is 1.99. The zero-order chi connectivity index (χ0) is 16.3. The van der Waals surface area contributed by atoms with Crippen molar-refractivity contribution >= 4 is 23.1 Å². The number of non-ortho nitro benzene ring substituents is 1. The molecule has 2 rings (SSSR count). The van der Waals surface area contributed by atoms with Gasteiger partial charge in [0, 0.05) is 24.2 Å². The number of nitro benzene ring substituents is 1. The molecule has 8 nitrogen and oxygen atoms in total. The number of carbonyl (C=O) groups excluding carboxylic acids is 1. The summed E-state index contributed by atoms with van der Waals surface area (Å²) in [5.74, 6) is 0.591. The Balaban J connectivity index is 2.12.